The van der Waals surface area contributed by atoms with Crippen molar-refractivity contribution in [2.24, 2.45) is 0 Å². The van der Waals surface area contributed by atoms with Crippen molar-refractivity contribution in [2.75, 3.05) is 25.4 Å². The highest BCUT2D eigenvalue weighted by atomic mass is 32.2. The maximum atomic E-state index is 13.8. The van der Waals surface area contributed by atoms with Crippen LogP contribution in [-0.2, 0) is 24.1 Å². The molecule has 0 spiro atoms. The molecular weight excluding hydrogens is 577 g/mol. The molecule has 7 nitrogen and oxygen atoms in total. The summed E-state index contributed by atoms with van der Waals surface area (Å²) in [5.41, 5.74) is 5.04. The Kier molecular flexibility index (Phi) is 7.36. The van der Waals surface area contributed by atoms with Crippen LogP contribution in [0.5, 0.6) is 0 Å². The van der Waals surface area contributed by atoms with Crippen LogP contribution in [0.4, 0.5) is 9.18 Å². The highest BCUT2D eigenvalue weighted by Gasteiger charge is 2.50. The van der Waals surface area contributed by atoms with Crippen molar-refractivity contribution in [3.63, 3.8) is 0 Å². The van der Waals surface area contributed by atoms with E-state index in [1.165, 1.54) is 28.4 Å². The molecule has 0 radical (unpaired) electrons. The average molecular weight is 606 g/mol. The van der Waals surface area contributed by atoms with E-state index in [1.54, 1.807) is 24.3 Å². The summed E-state index contributed by atoms with van der Waals surface area (Å²) in [6.07, 6.45) is -1.34. The fourth-order valence-electron chi connectivity index (χ4n) is 6.03. The highest BCUT2D eigenvalue weighted by Crippen LogP contribution is 2.46. The van der Waals surface area contributed by atoms with Crippen molar-refractivity contribution < 1.29 is 32.2 Å². The topological polar surface area (TPSA) is 101 Å². The quantitative estimate of drug-likeness (QED) is 0.277. The number of aliphatic carboxylic acids is 1. The number of hydrogen-bond donors (Lipinski definition) is 1. The molecule has 1 fully saturated rings. The first-order valence-corrected chi connectivity index (χ1v) is 16.1. The number of fused-ring (bicyclic) bond motifs is 3. The zero-order valence-corrected chi connectivity index (χ0v) is 24.2. The average Bonchev–Trinajstić information content (AvgIpc) is 3.56. The molecule has 1 amide bonds. The van der Waals surface area contributed by atoms with E-state index in [4.69, 9.17) is 4.74 Å². The van der Waals surface area contributed by atoms with Gasteiger partial charge < -0.3 is 14.7 Å². The van der Waals surface area contributed by atoms with Crippen LogP contribution in [0.2, 0.25) is 0 Å². The molecule has 1 aliphatic heterocycles. The SMILES string of the molecule is O=C(O)CC1(c2ccc(-c3ccc(F)cc3)s2)CCN(C(=O)OCC2c3ccccc3-c3ccccc32)CCS1(=O)=O. The van der Waals surface area contributed by atoms with Gasteiger partial charge in [-0.25, -0.2) is 17.6 Å². The third kappa shape index (κ3) is 4.98. The van der Waals surface area contributed by atoms with Gasteiger partial charge in [-0.2, -0.15) is 0 Å². The van der Waals surface area contributed by atoms with Crippen LogP contribution in [0.3, 0.4) is 0 Å². The van der Waals surface area contributed by atoms with Gasteiger partial charge in [-0.3, -0.25) is 4.79 Å². The van der Waals surface area contributed by atoms with Crippen molar-refractivity contribution in [3.05, 3.63) is 107 Å². The summed E-state index contributed by atoms with van der Waals surface area (Å²) in [7, 11) is -4.00. The summed E-state index contributed by atoms with van der Waals surface area (Å²) in [6.45, 7) is 0.0197. The smallest absolute Gasteiger partial charge is 0.409 e. The van der Waals surface area contributed by atoms with Gasteiger partial charge in [-0.1, -0.05) is 60.7 Å². The van der Waals surface area contributed by atoms with Gasteiger partial charge in [0.25, 0.3) is 0 Å². The molecule has 1 aliphatic carbocycles. The van der Waals surface area contributed by atoms with Crippen LogP contribution in [-0.4, -0.2) is 55.9 Å². The Hall–Kier alpha value is -4.02. The molecular formula is C32H28FNO6S2. The first kappa shape index (κ1) is 28.1. The Bertz CT molecular complexity index is 1720. The molecule has 1 unspecified atom stereocenters. The number of carbonyl (C=O) groups excluding carboxylic acids is 1. The lowest BCUT2D eigenvalue weighted by atomic mass is 9.97. The first-order valence-electron chi connectivity index (χ1n) is 13.6. The minimum Gasteiger partial charge on any atom is -0.481 e. The van der Waals surface area contributed by atoms with Crippen LogP contribution in [0.15, 0.2) is 84.9 Å². The Morgan fingerprint density at radius 2 is 1.57 bits per heavy atom. The lowest BCUT2D eigenvalue weighted by Crippen LogP contribution is -2.39. The molecule has 216 valence electrons. The van der Waals surface area contributed by atoms with Crippen LogP contribution < -0.4 is 0 Å². The summed E-state index contributed by atoms with van der Waals surface area (Å²) in [6, 6.07) is 25.2. The molecule has 0 saturated carbocycles. The van der Waals surface area contributed by atoms with Crippen molar-refractivity contribution >= 4 is 33.2 Å². The maximum absolute atomic E-state index is 13.8. The van der Waals surface area contributed by atoms with E-state index in [0.717, 1.165) is 22.3 Å². The van der Waals surface area contributed by atoms with Gasteiger partial charge in [0.2, 0.25) is 0 Å². The number of nitrogens with zero attached hydrogens (tertiary/aromatic N) is 1. The summed E-state index contributed by atoms with van der Waals surface area (Å²) >= 11 is 1.17. The second kappa shape index (κ2) is 11.0. The minimum atomic E-state index is -4.00. The second-order valence-corrected chi connectivity index (χ2v) is 14.1. The Balaban J connectivity index is 1.23. The van der Waals surface area contributed by atoms with Crippen LogP contribution >= 0.6 is 11.3 Å². The lowest BCUT2D eigenvalue weighted by molar-refractivity contribution is -0.137. The van der Waals surface area contributed by atoms with E-state index in [-0.39, 0.29) is 32.0 Å². The molecule has 1 aromatic heterocycles. The summed E-state index contributed by atoms with van der Waals surface area (Å²) in [4.78, 5) is 27.8. The van der Waals surface area contributed by atoms with Gasteiger partial charge in [0.05, 0.1) is 12.2 Å². The largest absolute Gasteiger partial charge is 0.481 e. The molecule has 1 N–H and O–H groups in total. The Morgan fingerprint density at radius 1 is 0.929 bits per heavy atom. The van der Waals surface area contributed by atoms with E-state index < -0.39 is 44.6 Å². The second-order valence-electron chi connectivity index (χ2n) is 10.6. The number of rotatable bonds is 6. The Morgan fingerprint density at radius 3 is 2.21 bits per heavy atom. The number of amides is 1. The van der Waals surface area contributed by atoms with Crippen molar-refractivity contribution in [1.29, 1.82) is 0 Å². The highest BCUT2D eigenvalue weighted by molar-refractivity contribution is 7.92. The molecule has 0 bridgehead atoms. The molecule has 1 atom stereocenters. The fraction of sp³-hybridized carbons (Fsp3) is 0.250. The number of hydrogen-bond acceptors (Lipinski definition) is 6. The predicted molar refractivity (Wildman–Crippen MR) is 159 cm³/mol. The van der Waals surface area contributed by atoms with Crippen molar-refractivity contribution in [2.45, 2.75) is 23.5 Å². The van der Waals surface area contributed by atoms with Crippen LogP contribution in [0.25, 0.3) is 21.6 Å². The monoisotopic (exact) mass is 605 g/mol. The normalized spacial score (nSPS) is 19.5. The number of carboxylic acids is 1. The van der Waals surface area contributed by atoms with Gasteiger partial charge in [0.1, 0.15) is 17.2 Å². The van der Waals surface area contributed by atoms with Crippen LogP contribution in [0, 0.1) is 5.82 Å². The number of thiophene rings is 1. The zero-order valence-electron chi connectivity index (χ0n) is 22.5. The number of benzene rings is 3. The van der Waals surface area contributed by atoms with Crippen molar-refractivity contribution in [3.8, 4) is 21.6 Å². The minimum absolute atomic E-state index is 0.0208. The molecule has 3 aromatic carbocycles. The van der Waals surface area contributed by atoms with Gasteiger partial charge in [0.15, 0.2) is 9.84 Å². The summed E-state index contributed by atoms with van der Waals surface area (Å²) in [5, 5.41) is 9.80. The molecule has 10 heteroatoms. The Labute approximate surface area is 247 Å². The van der Waals surface area contributed by atoms with Crippen LogP contribution in [0.1, 0.15) is 34.8 Å². The number of carboxylic acid groups (broad SMARTS) is 1. The van der Waals surface area contributed by atoms with E-state index >= 15 is 0 Å². The third-order valence-corrected chi connectivity index (χ3v) is 12.2. The lowest BCUT2D eigenvalue weighted by Gasteiger charge is -2.29. The maximum Gasteiger partial charge on any atom is 0.409 e. The molecule has 1 saturated heterocycles. The molecule has 2 heterocycles. The van der Waals surface area contributed by atoms with Gasteiger partial charge in [0, 0.05) is 28.8 Å². The van der Waals surface area contributed by atoms with Gasteiger partial charge in [-0.15, -0.1) is 11.3 Å². The van der Waals surface area contributed by atoms with E-state index in [1.807, 2.05) is 48.5 Å². The predicted octanol–water partition coefficient (Wildman–Crippen LogP) is 6.29. The molecule has 4 aromatic rings. The van der Waals surface area contributed by atoms with E-state index in [2.05, 4.69) is 0 Å². The van der Waals surface area contributed by atoms with Gasteiger partial charge in [-0.05, 0) is 58.5 Å². The van der Waals surface area contributed by atoms with Crippen molar-refractivity contribution in [1.82, 2.24) is 4.90 Å². The third-order valence-electron chi connectivity index (χ3n) is 8.23. The first-order chi connectivity index (χ1) is 20.2. The standard InChI is InChI=1S/C32H28FNO6S2/c33-22-11-9-21(10-12-22)28-13-14-29(41-28)32(19-30(35)36)15-16-34(17-18-42(32,38)39)31(37)40-20-27-25-7-3-1-5-23(25)24-6-2-4-8-26(24)27/h1-14,27H,15-20H2,(H,35,36). The summed E-state index contributed by atoms with van der Waals surface area (Å²) in [5.74, 6) is -2.17. The number of ether oxygens (including phenoxy) is 1. The molecule has 6 rings (SSSR count). The van der Waals surface area contributed by atoms with E-state index in [0.29, 0.717) is 15.3 Å². The number of carbonyl (C=O) groups is 2. The fourth-order valence-corrected chi connectivity index (χ4v) is 9.64. The summed E-state index contributed by atoms with van der Waals surface area (Å²) < 4.78 is 45.1. The number of halogens is 1. The molecule has 2 aliphatic rings. The zero-order chi connectivity index (χ0) is 29.5. The molecule has 42 heavy (non-hydrogen) atoms. The number of sulfone groups is 1. The van der Waals surface area contributed by atoms with E-state index in [9.17, 15) is 27.5 Å². The van der Waals surface area contributed by atoms with Gasteiger partial charge >= 0.3 is 12.1 Å².